The zero-order valence-electron chi connectivity index (χ0n) is 32.7. The molecular formula is C42H43Cl2N9O7. The molecule has 1 amide bonds. The van der Waals surface area contributed by atoms with Gasteiger partial charge < -0.3 is 39.9 Å². The van der Waals surface area contributed by atoms with Crippen LogP contribution in [0.3, 0.4) is 0 Å². The van der Waals surface area contributed by atoms with E-state index in [1.807, 2.05) is 13.0 Å². The lowest BCUT2D eigenvalue weighted by Crippen LogP contribution is -2.27. The molecule has 16 nitrogen and oxygen atoms in total. The lowest BCUT2D eigenvalue weighted by molar-refractivity contribution is 0.0689. The summed E-state index contributed by atoms with van der Waals surface area (Å²) < 4.78 is 11.7. The fourth-order valence-electron chi connectivity index (χ4n) is 7.36. The quantitative estimate of drug-likeness (QED) is 0.115. The van der Waals surface area contributed by atoms with Gasteiger partial charge in [0.25, 0.3) is 5.91 Å². The number of halogens is 2. The van der Waals surface area contributed by atoms with Crippen LogP contribution in [-0.4, -0.2) is 83.3 Å². The Balaban J connectivity index is 0.000000172. The molecule has 60 heavy (non-hydrogen) atoms. The maximum Gasteiger partial charge on any atom is 0.342 e. The molecule has 4 N–H and O–H groups in total. The van der Waals surface area contributed by atoms with Gasteiger partial charge in [-0.3, -0.25) is 14.8 Å². The first-order chi connectivity index (χ1) is 29.0. The van der Waals surface area contributed by atoms with Crippen molar-refractivity contribution in [2.75, 3.05) is 36.0 Å². The fourth-order valence-corrected chi connectivity index (χ4v) is 7.89. The second-order valence-electron chi connectivity index (χ2n) is 15.5. The molecule has 0 spiro atoms. The fraction of sp³-hybridized carbons (Fsp3) is 0.381. The zero-order valence-corrected chi connectivity index (χ0v) is 34.2. The molecule has 2 aliphatic carbocycles. The van der Waals surface area contributed by atoms with E-state index in [4.69, 9.17) is 37.8 Å². The van der Waals surface area contributed by atoms with Crippen LogP contribution in [0.25, 0.3) is 0 Å². The number of carbonyl (C=O) groups excluding carboxylic acids is 1. The third kappa shape index (κ3) is 9.68. The first kappa shape index (κ1) is 41.1. The number of aromatic nitrogens is 6. The average Bonchev–Trinajstić information content (AvgIpc) is 4.09. The number of amides is 1. The average molecular weight is 857 g/mol. The van der Waals surface area contributed by atoms with E-state index in [0.717, 1.165) is 54.8 Å². The van der Waals surface area contributed by atoms with E-state index in [-0.39, 0.29) is 61.8 Å². The molecule has 4 unspecified atom stereocenters. The Morgan fingerprint density at radius 1 is 0.717 bits per heavy atom. The van der Waals surface area contributed by atoms with E-state index in [1.165, 1.54) is 25.2 Å². The molecule has 2 aliphatic heterocycles. The number of carboxylic acid groups (broad SMARTS) is 1. The number of aliphatic hydroxyl groups is 2. The number of aromatic carboxylic acids is 1. The van der Waals surface area contributed by atoms with Crippen LogP contribution in [-0.2, 0) is 33.0 Å². The number of anilines is 2. The normalized spacial score (nSPS) is 19.5. The molecule has 2 saturated heterocycles. The molecule has 0 bridgehead atoms. The number of hydrogen-bond donors (Lipinski definition) is 4. The number of hydrogen-bond acceptors (Lipinski definition) is 14. The third-order valence-electron chi connectivity index (χ3n) is 11.1. The smallest absolute Gasteiger partial charge is 0.342 e. The van der Waals surface area contributed by atoms with Crippen molar-refractivity contribution in [2.24, 2.45) is 23.7 Å². The van der Waals surface area contributed by atoms with Crippen molar-refractivity contribution in [3.8, 4) is 11.8 Å². The predicted molar refractivity (Wildman–Crippen MR) is 220 cm³/mol. The monoisotopic (exact) mass is 855 g/mol. The highest BCUT2D eigenvalue weighted by Gasteiger charge is 2.47. The molecular weight excluding hydrogens is 813 g/mol. The van der Waals surface area contributed by atoms with Gasteiger partial charge in [0.1, 0.15) is 24.3 Å². The second kappa shape index (κ2) is 17.9. The molecule has 4 atom stereocenters. The maximum atomic E-state index is 13.0. The summed E-state index contributed by atoms with van der Waals surface area (Å²) in [6.45, 7) is 5.76. The number of benzene rings is 2. The topological polar surface area (TPSA) is 209 Å². The molecule has 3 aromatic heterocycles. The van der Waals surface area contributed by atoms with Crippen molar-refractivity contribution in [1.29, 1.82) is 0 Å². The van der Waals surface area contributed by atoms with Crippen molar-refractivity contribution >= 4 is 47.0 Å². The van der Waals surface area contributed by atoms with Crippen LogP contribution in [0, 0.1) is 30.6 Å². The molecule has 2 saturated carbocycles. The van der Waals surface area contributed by atoms with E-state index < -0.39 is 5.97 Å². The van der Waals surface area contributed by atoms with Crippen LogP contribution < -0.4 is 24.6 Å². The SMILES string of the molecule is Cc1cnc(CNC(=O)c2cnc(N3CC4CC4C3)nc2OCc2ccc(CO)c(Cl)c2)cn1.O=C(O)c1cnc(N2CC3CC3C2)nc1OCc1ccc(CO)c(Cl)c1. The first-order valence-electron chi connectivity index (χ1n) is 19.6. The summed E-state index contributed by atoms with van der Waals surface area (Å²) in [5.41, 5.74) is 4.44. The molecule has 9 rings (SSSR count). The van der Waals surface area contributed by atoms with E-state index in [2.05, 4.69) is 45.0 Å². The minimum atomic E-state index is -1.13. The Morgan fingerprint density at radius 2 is 1.22 bits per heavy atom. The van der Waals surface area contributed by atoms with Gasteiger partial charge in [-0.05, 0) is 77.8 Å². The standard InChI is InChI=1S/C24H25ClN6O3.C18H18ClN3O4/c1-14-6-27-19(7-26-14)8-28-22(33)20-9-29-24(31-10-17-5-18(17)11-31)30-23(20)34-13-15-2-3-16(12-32)21(25)4-15;19-15-3-10(1-2-11(15)8-23)9-26-16-14(17(24)25)5-20-18(21-16)22-6-12-4-13(12)7-22/h2-4,6-7,9,17-18,32H,5,8,10-13H2,1H3,(H,28,33);1-3,5,12-13,23H,4,6-9H2,(H,24,25). The number of carbonyl (C=O) groups is 2. The molecule has 4 fully saturated rings. The minimum absolute atomic E-state index is 0.0467. The van der Waals surface area contributed by atoms with E-state index >= 15 is 0 Å². The number of fused-ring (bicyclic) bond motifs is 2. The van der Waals surface area contributed by atoms with Gasteiger partial charge in [-0.25, -0.2) is 14.8 Å². The van der Waals surface area contributed by atoms with Gasteiger partial charge in [-0.1, -0.05) is 47.5 Å². The van der Waals surface area contributed by atoms with Gasteiger partial charge in [0.05, 0.1) is 43.5 Å². The van der Waals surface area contributed by atoms with Crippen LogP contribution in [0.5, 0.6) is 11.8 Å². The molecule has 4 aliphatic rings. The highest BCUT2D eigenvalue weighted by Crippen LogP contribution is 2.46. The van der Waals surface area contributed by atoms with E-state index in [0.29, 0.717) is 50.6 Å². The Labute approximate surface area is 355 Å². The number of nitrogens with zero attached hydrogens (tertiary/aromatic N) is 8. The lowest BCUT2D eigenvalue weighted by atomic mass is 10.1. The van der Waals surface area contributed by atoms with E-state index in [9.17, 15) is 19.8 Å². The summed E-state index contributed by atoms with van der Waals surface area (Å²) >= 11 is 12.3. The van der Waals surface area contributed by atoms with Crippen molar-refractivity contribution in [3.63, 3.8) is 0 Å². The largest absolute Gasteiger partial charge is 0.477 e. The number of rotatable bonds is 14. The molecule has 2 aromatic carbocycles. The summed E-state index contributed by atoms with van der Waals surface area (Å²) in [6, 6.07) is 10.5. The highest BCUT2D eigenvalue weighted by atomic mass is 35.5. The molecule has 312 valence electrons. The van der Waals surface area contributed by atoms with Gasteiger partial charge in [0, 0.05) is 48.6 Å². The summed E-state index contributed by atoms with van der Waals surface area (Å²) in [6.07, 6.45) is 8.63. The number of piperidine rings is 2. The van der Waals surface area contributed by atoms with Crippen LogP contribution in [0.2, 0.25) is 10.0 Å². The first-order valence-corrected chi connectivity index (χ1v) is 20.4. The van der Waals surface area contributed by atoms with E-state index in [1.54, 1.807) is 42.7 Å². The van der Waals surface area contributed by atoms with Gasteiger partial charge in [-0.2, -0.15) is 9.97 Å². The van der Waals surface area contributed by atoms with Gasteiger partial charge in [-0.15, -0.1) is 0 Å². The zero-order chi connectivity index (χ0) is 41.9. The van der Waals surface area contributed by atoms with Crippen LogP contribution in [0.15, 0.2) is 61.2 Å². The van der Waals surface area contributed by atoms with Crippen molar-refractivity contribution < 1.29 is 34.4 Å². The van der Waals surface area contributed by atoms with Gasteiger partial charge in [0.15, 0.2) is 0 Å². The Kier molecular flexibility index (Phi) is 12.2. The number of carboxylic acids is 1. The van der Waals surface area contributed by atoms with Crippen molar-refractivity contribution in [2.45, 2.75) is 52.7 Å². The highest BCUT2D eigenvalue weighted by molar-refractivity contribution is 6.31. The summed E-state index contributed by atoms with van der Waals surface area (Å²) in [4.78, 5) is 54.7. The number of nitrogens with one attached hydrogen (secondary N) is 1. The lowest BCUT2D eigenvalue weighted by Gasteiger charge is -2.19. The molecule has 18 heteroatoms. The van der Waals surface area contributed by atoms with Crippen molar-refractivity contribution in [1.82, 2.24) is 35.2 Å². The third-order valence-corrected chi connectivity index (χ3v) is 11.8. The number of aryl methyl sites for hydroxylation is 1. The Bertz CT molecular complexity index is 2370. The predicted octanol–water partition coefficient (Wildman–Crippen LogP) is 5.04. The Hall–Kier alpha value is -5.68. The maximum absolute atomic E-state index is 13.0. The second-order valence-corrected chi connectivity index (χ2v) is 16.3. The van der Waals surface area contributed by atoms with Crippen LogP contribution >= 0.6 is 23.2 Å². The number of aliphatic hydroxyl groups excluding tert-OH is 2. The summed E-state index contributed by atoms with van der Waals surface area (Å²) in [5, 5.41) is 31.6. The van der Waals surface area contributed by atoms with Crippen molar-refractivity contribution in [3.05, 3.63) is 116 Å². The minimum Gasteiger partial charge on any atom is -0.477 e. The summed E-state index contributed by atoms with van der Waals surface area (Å²) in [7, 11) is 0. The summed E-state index contributed by atoms with van der Waals surface area (Å²) in [5.74, 6) is 2.71. The van der Waals surface area contributed by atoms with Crippen LogP contribution in [0.1, 0.15) is 67.2 Å². The molecule has 5 aromatic rings. The van der Waals surface area contributed by atoms with Gasteiger partial charge in [0.2, 0.25) is 23.7 Å². The van der Waals surface area contributed by atoms with Gasteiger partial charge >= 0.3 is 5.97 Å². The Morgan fingerprint density at radius 3 is 1.67 bits per heavy atom. The molecule has 0 radical (unpaired) electrons. The molecule has 5 heterocycles. The number of ether oxygens (including phenoxy) is 2. The van der Waals surface area contributed by atoms with Crippen LogP contribution in [0.4, 0.5) is 11.9 Å².